The summed E-state index contributed by atoms with van der Waals surface area (Å²) < 4.78 is 11.1. The first kappa shape index (κ1) is 14.9. The topological polar surface area (TPSA) is 42.7 Å². The fourth-order valence-electron chi connectivity index (χ4n) is 3.50. The van der Waals surface area contributed by atoms with Crippen molar-refractivity contribution < 1.29 is 13.9 Å². The monoisotopic (exact) mass is 301 g/mol. The zero-order valence-corrected chi connectivity index (χ0v) is 13.7. The third kappa shape index (κ3) is 2.58. The number of nitrogens with zero attached hydrogens (tertiary/aromatic N) is 1. The number of carbonyl (C=O) groups is 1. The van der Waals surface area contributed by atoms with Crippen LogP contribution in [0.25, 0.3) is 11.0 Å². The molecule has 0 spiro atoms. The molecule has 3 rings (SSSR count). The van der Waals surface area contributed by atoms with Gasteiger partial charge in [-0.05, 0) is 43.4 Å². The van der Waals surface area contributed by atoms with Crippen LogP contribution in [0.2, 0.25) is 0 Å². The van der Waals surface area contributed by atoms with Gasteiger partial charge in [-0.2, -0.15) is 0 Å². The van der Waals surface area contributed by atoms with Crippen LogP contribution in [-0.2, 0) is 0 Å². The van der Waals surface area contributed by atoms with Crippen LogP contribution < -0.4 is 4.74 Å². The summed E-state index contributed by atoms with van der Waals surface area (Å²) in [5.41, 5.74) is 1.63. The van der Waals surface area contributed by atoms with Gasteiger partial charge in [0.15, 0.2) is 5.76 Å². The summed E-state index contributed by atoms with van der Waals surface area (Å²) >= 11 is 0. The van der Waals surface area contributed by atoms with Gasteiger partial charge in [-0.25, -0.2) is 0 Å². The Morgan fingerprint density at radius 3 is 2.59 bits per heavy atom. The first-order valence-corrected chi connectivity index (χ1v) is 7.86. The van der Waals surface area contributed by atoms with E-state index in [1.807, 2.05) is 30.0 Å². The lowest BCUT2D eigenvalue weighted by Crippen LogP contribution is -2.42. The summed E-state index contributed by atoms with van der Waals surface area (Å²) in [6.07, 6.45) is 1.18. The van der Waals surface area contributed by atoms with E-state index in [2.05, 4.69) is 13.8 Å². The Balaban J connectivity index is 1.95. The average molecular weight is 301 g/mol. The van der Waals surface area contributed by atoms with Crippen molar-refractivity contribution >= 4 is 16.9 Å². The van der Waals surface area contributed by atoms with E-state index in [-0.39, 0.29) is 5.91 Å². The fourth-order valence-corrected chi connectivity index (χ4v) is 3.50. The Kier molecular flexibility index (Phi) is 3.85. The number of rotatable bonds is 2. The van der Waals surface area contributed by atoms with Gasteiger partial charge in [-0.1, -0.05) is 13.8 Å². The Bertz CT molecular complexity index is 694. The SMILES string of the molecule is COc1ccc2oc(C(=O)N3C[C@@H](C)C[C@H](C)C3)c(C)c2c1. The van der Waals surface area contributed by atoms with Crippen LogP contribution in [0.4, 0.5) is 0 Å². The minimum atomic E-state index is 0.00562. The van der Waals surface area contributed by atoms with E-state index < -0.39 is 0 Å². The van der Waals surface area contributed by atoms with Crippen LogP contribution in [0.1, 0.15) is 36.4 Å². The first-order chi connectivity index (χ1) is 10.5. The molecule has 2 atom stereocenters. The zero-order valence-electron chi connectivity index (χ0n) is 13.7. The lowest BCUT2D eigenvalue weighted by Gasteiger charge is -2.34. The lowest BCUT2D eigenvalue weighted by atomic mass is 9.91. The van der Waals surface area contributed by atoms with E-state index >= 15 is 0 Å². The molecule has 2 heterocycles. The van der Waals surface area contributed by atoms with Crippen molar-refractivity contribution in [2.75, 3.05) is 20.2 Å². The molecule has 4 heteroatoms. The summed E-state index contributed by atoms with van der Waals surface area (Å²) in [6.45, 7) is 7.96. The molecule has 1 fully saturated rings. The number of aryl methyl sites for hydroxylation is 1. The molecule has 0 N–H and O–H groups in total. The van der Waals surface area contributed by atoms with E-state index in [0.717, 1.165) is 35.4 Å². The maximum Gasteiger partial charge on any atom is 0.289 e. The van der Waals surface area contributed by atoms with Crippen LogP contribution in [0.15, 0.2) is 22.6 Å². The molecule has 0 unspecified atom stereocenters. The van der Waals surface area contributed by atoms with Crippen molar-refractivity contribution in [2.24, 2.45) is 11.8 Å². The Morgan fingerprint density at radius 1 is 1.27 bits per heavy atom. The molecule has 0 radical (unpaired) electrons. The van der Waals surface area contributed by atoms with Crippen molar-refractivity contribution in [1.82, 2.24) is 4.90 Å². The molecule has 1 saturated heterocycles. The Hall–Kier alpha value is -1.97. The molecule has 0 aliphatic carbocycles. The number of benzene rings is 1. The minimum Gasteiger partial charge on any atom is -0.497 e. The number of furan rings is 1. The summed E-state index contributed by atoms with van der Waals surface area (Å²) in [5.74, 6) is 2.32. The highest BCUT2D eigenvalue weighted by Crippen LogP contribution is 2.31. The highest BCUT2D eigenvalue weighted by atomic mass is 16.5. The highest BCUT2D eigenvalue weighted by molar-refractivity contribution is 5.99. The number of ether oxygens (including phenoxy) is 1. The van der Waals surface area contributed by atoms with Gasteiger partial charge in [0, 0.05) is 24.0 Å². The van der Waals surface area contributed by atoms with Crippen LogP contribution in [-0.4, -0.2) is 31.0 Å². The van der Waals surface area contributed by atoms with Crippen molar-refractivity contribution in [3.05, 3.63) is 29.5 Å². The lowest BCUT2D eigenvalue weighted by molar-refractivity contribution is 0.0593. The van der Waals surface area contributed by atoms with Crippen molar-refractivity contribution in [3.63, 3.8) is 0 Å². The summed E-state index contributed by atoms with van der Waals surface area (Å²) in [6, 6.07) is 5.64. The predicted molar refractivity (Wildman–Crippen MR) is 86.4 cm³/mol. The minimum absolute atomic E-state index is 0.00562. The number of hydrogen-bond acceptors (Lipinski definition) is 3. The number of likely N-dealkylation sites (tertiary alicyclic amines) is 1. The molecule has 1 amide bonds. The first-order valence-electron chi connectivity index (χ1n) is 7.86. The number of hydrogen-bond donors (Lipinski definition) is 0. The second-order valence-corrected chi connectivity index (χ2v) is 6.57. The smallest absolute Gasteiger partial charge is 0.289 e. The number of fused-ring (bicyclic) bond motifs is 1. The van der Waals surface area contributed by atoms with Gasteiger partial charge in [0.25, 0.3) is 5.91 Å². The quantitative estimate of drug-likeness (QED) is 0.845. The Morgan fingerprint density at radius 2 is 1.95 bits per heavy atom. The maximum absolute atomic E-state index is 12.8. The second kappa shape index (κ2) is 5.67. The summed E-state index contributed by atoms with van der Waals surface area (Å²) in [7, 11) is 1.64. The number of methoxy groups -OCH3 is 1. The predicted octanol–water partition coefficient (Wildman–Crippen LogP) is 3.87. The van der Waals surface area contributed by atoms with E-state index in [0.29, 0.717) is 17.6 Å². The maximum atomic E-state index is 12.8. The van der Waals surface area contributed by atoms with Crippen molar-refractivity contribution in [3.8, 4) is 5.75 Å². The standard InChI is InChI=1S/C18H23NO3/c1-11-7-12(2)10-19(9-11)18(20)17-13(3)15-8-14(21-4)5-6-16(15)22-17/h5-6,8,11-12H,7,9-10H2,1-4H3/t11-,12-/m0/s1. The van der Waals surface area contributed by atoms with Crippen molar-refractivity contribution in [1.29, 1.82) is 0 Å². The van der Waals surface area contributed by atoms with E-state index in [1.54, 1.807) is 7.11 Å². The Labute approximate surface area is 131 Å². The largest absolute Gasteiger partial charge is 0.497 e. The third-order valence-corrected chi connectivity index (χ3v) is 4.49. The third-order valence-electron chi connectivity index (χ3n) is 4.49. The highest BCUT2D eigenvalue weighted by Gasteiger charge is 2.29. The molecule has 1 aliphatic rings. The van der Waals surface area contributed by atoms with Crippen LogP contribution in [0, 0.1) is 18.8 Å². The second-order valence-electron chi connectivity index (χ2n) is 6.57. The summed E-state index contributed by atoms with van der Waals surface area (Å²) in [4.78, 5) is 14.8. The van der Waals surface area contributed by atoms with E-state index in [9.17, 15) is 4.79 Å². The van der Waals surface area contributed by atoms with Crippen molar-refractivity contribution in [2.45, 2.75) is 27.2 Å². The van der Waals surface area contributed by atoms with Gasteiger partial charge >= 0.3 is 0 Å². The number of piperidine rings is 1. The molecule has 2 aromatic rings. The number of carbonyl (C=O) groups excluding carboxylic acids is 1. The van der Waals surface area contributed by atoms with Gasteiger partial charge in [-0.3, -0.25) is 4.79 Å². The normalized spacial score (nSPS) is 22.1. The average Bonchev–Trinajstić information content (AvgIpc) is 2.82. The molecular formula is C18H23NO3. The molecular weight excluding hydrogens is 278 g/mol. The molecule has 0 bridgehead atoms. The molecule has 1 aromatic carbocycles. The van der Waals surface area contributed by atoms with Gasteiger partial charge in [-0.15, -0.1) is 0 Å². The molecule has 118 valence electrons. The molecule has 22 heavy (non-hydrogen) atoms. The van der Waals surface area contributed by atoms with Gasteiger partial charge in [0.2, 0.25) is 0 Å². The van der Waals surface area contributed by atoms with E-state index in [4.69, 9.17) is 9.15 Å². The summed E-state index contributed by atoms with van der Waals surface area (Å²) in [5, 5.41) is 0.945. The van der Waals surface area contributed by atoms with E-state index in [1.165, 1.54) is 6.42 Å². The van der Waals surface area contributed by atoms with Crippen LogP contribution in [0.5, 0.6) is 5.75 Å². The van der Waals surface area contributed by atoms with Crippen LogP contribution in [0.3, 0.4) is 0 Å². The zero-order chi connectivity index (χ0) is 15.9. The molecule has 4 nitrogen and oxygen atoms in total. The van der Waals surface area contributed by atoms with Gasteiger partial charge in [0.05, 0.1) is 7.11 Å². The number of amides is 1. The molecule has 1 aromatic heterocycles. The van der Waals surface area contributed by atoms with Gasteiger partial charge in [0.1, 0.15) is 11.3 Å². The van der Waals surface area contributed by atoms with Crippen LogP contribution >= 0.6 is 0 Å². The molecule has 0 saturated carbocycles. The molecule has 1 aliphatic heterocycles. The van der Waals surface area contributed by atoms with Gasteiger partial charge < -0.3 is 14.1 Å². The fraction of sp³-hybridized carbons (Fsp3) is 0.500.